The highest BCUT2D eigenvalue weighted by Crippen LogP contribution is 2.37. The Morgan fingerprint density at radius 3 is 2.59 bits per heavy atom. The molecule has 0 radical (unpaired) electrons. The zero-order valence-corrected chi connectivity index (χ0v) is 19.1. The number of pyridine rings is 1. The van der Waals surface area contributed by atoms with E-state index in [1.54, 1.807) is 18.2 Å². The van der Waals surface area contributed by atoms with Crippen LogP contribution in [0.1, 0.15) is 12.8 Å². The van der Waals surface area contributed by atoms with Crippen molar-refractivity contribution in [3.05, 3.63) is 94.0 Å². The number of piperidine rings is 1. The topological polar surface area (TPSA) is 65.2 Å². The smallest absolute Gasteiger partial charge is 0.272 e. The van der Waals surface area contributed by atoms with Gasteiger partial charge >= 0.3 is 0 Å². The second-order valence-electron chi connectivity index (χ2n) is 8.51. The van der Waals surface area contributed by atoms with E-state index >= 15 is 0 Å². The Morgan fingerprint density at radius 2 is 1.82 bits per heavy atom. The minimum Gasteiger partial charge on any atom is -0.366 e. The molecule has 2 N–H and O–H groups in total. The van der Waals surface area contributed by atoms with Crippen LogP contribution in [0.15, 0.2) is 77.6 Å². The number of anilines is 2. The fourth-order valence-electron chi connectivity index (χ4n) is 4.63. The summed E-state index contributed by atoms with van der Waals surface area (Å²) in [5.74, 6) is -0.805. The third-order valence-electron chi connectivity index (χ3n) is 6.23. The van der Waals surface area contributed by atoms with Gasteiger partial charge in [0.25, 0.3) is 5.56 Å². The molecule has 5 nitrogen and oxygen atoms in total. The SMILES string of the molecule is O=C(Nc1ccc(F)cc1)C1CCCN(c2c(-c3ccccc3)c3cc(Cl)ccc3[nH]c2=O)C1. The van der Waals surface area contributed by atoms with Crippen LogP contribution in [0.5, 0.6) is 0 Å². The number of halogens is 2. The highest BCUT2D eigenvalue weighted by molar-refractivity contribution is 6.31. The molecule has 172 valence electrons. The van der Waals surface area contributed by atoms with Crippen molar-refractivity contribution in [1.82, 2.24) is 4.98 Å². The van der Waals surface area contributed by atoms with Crippen LogP contribution < -0.4 is 15.8 Å². The number of carbonyl (C=O) groups is 1. The van der Waals surface area contributed by atoms with Gasteiger partial charge in [-0.3, -0.25) is 9.59 Å². The van der Waals surface area contributed by atoms with Crippen LogP contribution >= 0.6 is 11.6 Å². The lowest BCUT2D eigenvalue weighted by Crippen LogP contribution is -2.43. The summed E-state index contributed by atoms with van der Waals surface area (Å²) in [4.78, 5) is 31.3. The average Bonchev–Trinajstić information content (AvgIpc) is 2.85. The largest absolute Gasteiger partial charge is 0.366 e. The highest BCUT2D eigenvalue weighted by atomic mass is 35.5. The van der Waals surface area contributed by atoms with Crippen LogP contribution in [0, 0.1) is 11.7 Å². The van der Waals surface area contributed by atoms with Gasteiger partial charge in [0.15, 0.2) is 0 Å². The summed E-state index contributed by atoms with van der Waals surface area (Å²) >= 11 is 6.33. The fraction of sp³-hybridized carbons (Fsp3) is 0.185. The number of hydrogen-bond acceptors (Lipinski definition) is 3. The van der Waals surface area contributed by atoms with Crippen LogP contribution in [0.2, 0.25) is 5.02 Å². The van der Waals surface area contributed by atoms with Crippen molar-refractivity contribution in [3.8, 4) is 11.1 Å². The van der Waals surface area contributed by atoms with Gasteiger partial charge in [-0.05, 0) is 60.9 Å². The molecular weight excluding hydrogens is 453 g/mol. The molecule has 34 heavy (non-hydrogen) atoms. The molecule has 2 heterocycles. The third kappa shape index (κ3) is 4.41. The first-order valence-corrected chi connectivity index (χ1v) is 11.6. The molecule has 0 saturated carbocycles. The van der Waals surface area contributed by atoms with Gasteiger partial charge in [0, 0.05) is 40.3 Å². The van der Waals surface area contributed by atoms with Crippen LogP contribution in [0.4, 0.5) is 15.8 Å². The summed E-state index contributed by atoms with van der Waals surface area (Å²) in [5.41, 5.74) is 3.31. The Labute approximate surface area is 201 Å². The molecule has 1 fully saturated rings. The molecule has 1 amide bonds. The summed E-state index contributed by atoms with van der Waals surface area (Å²) in [6, 6.07) is 20.9. The predicted molar refractivity (Wildman–Crippen MR) is 135 cm³/mol. The van der Waals surface area contributed by atoms with E-state index in [-0.39, 0.29) is 23.2 Å². The van der Waals surface area contributed by atoms with Crippen LogP contribution in [-0.4, -0.2) is 24.0 Å². The zero-order chi connectivity index (χ0) is 23.7. The number of rotatable bonds is 4. The third-order valence-corrected chi connectivity index (χ3v) is 6.47. The van der Waals surface area contributed by atoms with Crippen molar-refractivity contribution in [1.29, 1.82) is 0 Å². The lowest BCUT2D eigenvalue weighted by molar-refractivity contribution is -0.120. The van der Waals surface area contributed by atoms with Crippen molar-refractivity contribution in [2.75, 3.05) is 23.3 Å². The highest BCUT2D eigenvalue weighted by Gasteiger charge is 2.29. The van der Waals surface area contributed by atoms with Gasteiger partial charge in [-0.15, -0.1) is 0 Å². The van der Waals surface area contributed by atoms with E-state index in [1.807, 2.05) is 47.4 Å². The Kier molecular flexibility index (Phi) is 6.07. The van der Waals surface area contributed by atoms with E-state index in [1.165, 1.54) is 12.1 Å². The number of carbonyl (C=O) groups excluding carboxylic acids is 1. The summed E-state index contributed by atoms with van der Waals surface area (Å²) in [7, 11) is 0. The van der Waals surface area contributed by atoms with Gasteiger partial charge in [-0.25, -0.2) is 4.39 Å². The lowest BCUT2D eigenvalue weighted by atomic mass is 9.93. The number of hydrogen-bond donors (Lipinski definition) is 2. The first-order valence-electron chi connectivity index (χ1n) is 11.2. The van der Waals surface area contributed by atoms with Crippen molar-refractivity contribution in [2.45, 2.75) is 12.8 Å². The molecule has 1 aromatic heterocycles. The summed E-state index contributed by atoms with van der Waals surface area (Å²) in [6.45, 7) is 1.07. The fourth-order valence-corrected chi connectivity index (χ4v) is 4.80. The van der Waals surface area contributed by atoms with Gasteiger partial charge < -0.3 is 15.2 Å². The average molecular weight is 476 g/mol. The number of nitrogens with one attached hydrogen (secondary N) is 2. The monoisotopic (exact) mass is 475 g/mol. The van der Waals surface area contributed by atoms with Gasteiger partial charge in [0.1, 0.15) is 11.5 Å². The van der Waals surface area contributed by atoms with Crippen molar-refractivity contribution < 1.29 is 9.18 Å². The molecule has 0 spiro atoms. The molecule has 7 heteroatoms. The molecule has 1 saturated heterocycles. The van der Waals surface area contributed by atoms with E-state index in [9.17, 15) is 14.0 Å². The van der Waals surface area contributed by atoms with Crippen molar-refractivity contribution in [3.63, 3.8) is 0 Å². The number of fused-ring (bicyclic) bond motifs is 1. The molecule has 0 bridgehead atoms. The maximum absolute atomic E-state index is 13.3. The van der Waals surface area contributed by atoms with Crippen molar-refractivity contribution >= 4 is 39.8 Å². The molecule has 3 aromatic carbocycles. The number of H-pyrrole nitrogens is 1. The minimum absolute atomic E-state index is 0.141. The first kappa shape index (κ1) is 22.2. The van der Waals surface area contributed by atoms with E-state index in [0.29, 0.717) is 41.4 Å². The van der Waals surface area contributed by atoms with Crippen LogP contribution in [0.25, 0.3) is 22.0 Å². The maximum Gasteiger partial charge on any atom is 0.272 e. The number of amides is 1. The number of aromatic amines is 1. The van der Waals surface area contributed by atoms with E-state index in [0.717, 1.165) is 22.9 Å². The molecular formula is C27H23ClFN3O2. The molecule has 1 atom stereocenters. The molecule has 4 aromatic rings. The van der Waals surface area contributed by atoms with Crippen molar-refractivity contribution in [2.24, 2.45) is 5.92 Å². The molecule has 5 rings (SSSR count). The number of aromatic nitrogens is 1. The van der Waals surface area contributed by atoms with E-state index in [4.69, 9.17) is 11.6 Å². The Bertz CT molecular complexity index is 1400. The second kappa shape index (κ2) is 9.31. The molecule has 1 aliphatic heterocycles. The summed E-state index contributed by atoms with van der Waals surface area (Å²) in [6.07, 6.45) is 1.48. The first-order chi connectivity index (χ1) is 16.5. The summed E-state index contributed by atoms with van der Waals surface area (Å²) < 4.78 is 13.2. The molecule has 1 unspecified atom stereocenters. The second-order valence-corrected chi connectivity index (χ2v) is 8.95. The van der Waals surface area contributed by atoms with Gasteiger partial charge in [-0.1, -0.05) is 41.9 Å². The standard InChI is InChI=1S/C27H23ClFN3O2/c28-19-8-13-23-22(15-19)24(17-5-2-1-3-6-17)25(27(34)31-23)32-14-4-7-18(16-32)26(33)30-21-11-9-20(29)10-12-21/h1-3,5-6,8-13,15,18H,4,7,14,16H2,(H,30,33)(H,31,34). The quantitative estimate of drug-likeness (QED) is 0.389. The Hall–Kier alpha value is -3.64. The normalized spacial score (nSPS) is 15.9. The number of benzene rings is 3. The van der Waals surface area contributed by atoms with E-state index in [2.05, 4.69) is 10.3 Å². The molecule has 1 aliphatic rings. The number of nitrogens with zero attached hydrogens (tertiary/aromatic N) is 1. The maximum atomic E-state index is 13.3. The predicted octanol–water partition coefficient (Wildman–Crippen LogP) is 5.84. The van der Waals surface area contributed by atoms with Gasteiger partial charge in [0.2, 0.25) is 5.91 Å². The van der Waals surface area contributed by atoms with Gasteiger partial charge in [-0.2, -0.15) is 0 Å². The van der Waals surface area contributed by atoms with E-state index < -0.39 is 0 Å². The van der Waals surface area contributed by atoms with Gasteiger partial charge in [0.05, 0.1) is 5.92 Å². The minimum atomic E-state index is -0.356. The van der Waals surface area contributed by atoms with Crippen LogP contribution in [-0.2, 0) is 4.79 Å². The zero-order valence-electron chi connectivity index (χ0n) is 18.4. The molecule has 0 aliphatic carbocycles. The Balaban J connectivity index is 1.53. The Morgan fingerprint density at radius 1 is 1.06 bits per heavy atom. The van der Waals surface area contributed by atoms with Crippen LogP contribution in [0.3, 0.4) is 0 Å². The summed E-state index contributed by atoms with van der Waals surface area (Å²) in [5, 5.41) is 4.31. The lowest BCUT2D eigenvalue weighted by Gasteiger charge is -2.34.